The fourth-order valence-electron chi connectivity index (χ4n) is 2.69. The number of halogens is 3. The molecule has 1 atom stereocenters. The maximum absolute atomic E-state index is 14.2. The summed E-state index contributed by atoms with van der Waals surface area (Å²) in [6.45, 7) is -0.244. The van der Waals surface area contributed by atoms with Gasteiger partial charge in [-0.25, -0.2) is 23.5 Å². The SMILES string of the molecule is O=C(OCc1ccccc1)N1CCC(F)(F)C1CNc1ncc(Cl)cn1. The van der Waals surface area contributed by atoms with Gasteiger partial charge >= 0.3 is 6.09 Å². The average Bonchev–Trinajstić information content (AvgIpc) is 2.94. The lowest BCUT2D eigenvalue weighted by atomic mass is 10.1. The van der Waals surface area contributed by atoms with Gasteiger partial charge in [0.2, 0.25) is 5.95 Å². The fourth-order valence-corrected chi connectivity index (χ4v) is 2.79. The number of aromatic nitrogens is 2. The van der Waals surface area contributed by atoms with E-state index in [4.69, 9.17) is 16.3 Å². The van der Waals surface area contributed by atoms with Crippen LogP contribution in [0.1, 0.15) is 12.0 Å². The summed E-state index contributed by atoms with van der Waals surface area (Å²) in [5, 5.41) is 3.06. The molecular formula is C17H17ClF2N4O2. The number of likely N-dealkylation sites (tertiary alicyclic amines) is 1. The van der Waals surface area contributed by atoms with Gasteiger partial charge in [0.1, 0.15) is 12.6 Å². The van der Waals surface area contributed by atoms with Crippen molar-refractivity contribution in [1.82, 2.24) is 14.9 Å². The third-order valence-corrected chi connectivity index (χ3v) is 4.26. The monoisotopic (exact) mass is 382 g/mol. The number of ether oxygens (including phenoxy) is 1. The highest BCUT2D eigenvalue weighted by atomic mass is 35.5. The number of carbonyl (C=O) groups is 1. The van der Waals surface area contributed by atoms with E-state index in [2.05, 4.69) is 15.3 Å². The summed E-state index contributed by atoms with van der Waals surface area (Å²) >= 11 is 5.69. The summed E-state index contributed by atoms with van der Waals surface area (Å²) < 4.78 is 33.6. The first-order valence-corrected chi connectivity index (χ1v) is 8.40. The number of hydrogen-bond acceptors (Lipinski definition) is 5. The number of benzene rings is 1. The molecule has 2 aromatic rings. The topological polar surface area (TPSA) is 67.3 Å². The van der Waals surface area contributed by atoms with Crippen LogP contribution in [0.25, 0.3) is 0 Å². The minimum absolute atomic E-state index is 0.0299. The molecule has 138 valence electrons. The summed E-state index contributed by atoms with van der Waals surface area (Å²) in [6, 6.07) is 7.71. The molecule has 9 heteroatoms. The maximum Gasteiger partial charge on any atom is 0.410 e. The number of hydrogen-bond donors (Lipinski definition) is 1. The summed E-state index contributed by atoms with van der Waals surface area (Å²) in [6.07, 6.45) is 1.53. The lowest BCUT2D eigenvalue weighted by Gasteiger charge is -2.27. The van der Waals surface area contributed by atoms with Gasteiger partial charge in [-0.2, -0.15) is 0 Å². The minimum atomic E-state index is -3.02. The van der Waals surface area contributed by atoms with Crippen molar-refractivity contribution >= 4 is 23.6 Å². The van der Waals surface area contributed by atoms with Crippen LogP contribution in [0.5, 0.6) is 0 Å². The molecule has 3 rings (SSSR count). The lowest BCUT2D eigenvalue weighted by molar-refractivity contribution is -0.0280. The van der Waals surface area contributed by atoms with E-state index >= 15 is 0 Å². The lowest BCUT2D eigenvalue weighted by Crippen LogP contribution is -2.47. The molecule has 0 radical (unpaired) electrons. The summed E-state index contributed by atoms with van der Waals surface area (Å²) in [7, 11) is 0. The minimum Gasteiger partial charge on any atom is -0.445 e. The predicted molar refractivity (Wildman–Crippen MR) is 92.2 cm³/mol. The van der Waals surface area contributed by atoms with E-state index in [0.717, 1.165) is 10.5 Å². The third-order valence-electron chi connectivity index (χ3n) is 4.06. The van der Waals surface area contributed by atoms with Gasteiger partial charge in [0.25, 0.3) is 5.92 Å². The number of alkyl halides is 2. The molecule has 1 aliphatic rings. The number of nitrogens with zero attached hydrogens (tertiary/aromatic N) is 3. The van der Waals surface area contributed by atoms with Crippen molar-refractivity contribution in [2.24, 2.45) is 0 Å². The quantitative estimate of drug-likeness (QED) is 0.856. The molecule has 0 saturated carbocycles. The number of carbonyl (C=O) groups excluding carboxylic acids is 1. The molecule has 1 N–H and O–H groups in total. The second-order valence-electron chi connectivity index (χ2n) is 5.87. The van der Waals surface area contributed by atoms with Crippen molar-refractivity contribution in [3.8, 4) is 0 Å². The average molecular weight is 383 g/mol. The van der Waals surface area contributed by atoms with Gasteiger partial charge in [-0.3, -0.25) is 4.90 Å². The zero-order valence-electron chi connectivity index (χ0n) is 13.7. The molecule has 1 saturated heterocycles. The predicted octanol–water partition coefficient (Wildman–Crippen LogP) is 3.59. The van der Waals surface area contributed by atoms with Gasteiger partial charge in [0.15, 0.2) is 0 Å². The van der Waals surface area contributed by atoms with Gasteiger partial charge < -0.3 is 10.1 Å². The zero-order chi connectivity index (χ0) is 18.6. The summed E-state index contributed by atoms with van der Waals surface area (Å²) in [5.41, 5.74) is 0.788. The molecule has 1 aromatic heterocycles. The van der Waals surface area contributed by atoms with Crippen molar-refractivity contribution in [3.05, 3.63) is 53.3 Å². The molecular weight excluding hydrogens is 366 g/mol. The van der Waals surface area contributed by atoms with Crippen LogP contribution in [0.15, 0.2) is 42.7 Å². The standard InChI is InChI=1S/C17H17ClF2N4O2/c18-13-8-21-15(22-9-13)23-10-14-17(19,20)6-7-24(14)16(25)26-11-12-4-2-1-3-5-12/h1-5,8-9,14H,6-7,10-11H2,(H,21,22,23). The Morgan fingerprint density at radius 3 is 2.69 bits per heavy atom. The zero-order valence-corrected chi connectivity index (χ0v) is 14.5. The Balaban J connectivity index is 1.61. The first kappa shape index (κ1) is 18.3. The molecule has 1 aliphatic heterocycles. The highest BCUT2D eigenvalue weighted by molar-refractivity contribution is 6.30. The van der Waals surface area contributed by atoms with E-state index in [0.29, 0.717) is 5.02 Å². The Morgan fingerprint density at radius 1 is 1.31 bits per heavy atom. The number of nitrogens with one attached hydrogen (secondary N) is 1. The molecule has 1 unspecified atom stereocenters. The molecule has 0 aliphatic carbocycles. The molecule has 1 fully saturated rings. The number of anilines is 1. The van der Waals surface area contributed by atoms with E-state index in [-0.39, 0.29) is 25.6 Å². The maximum atomic E-state index is 14.2. The van der Waals surface area contributed by atoms with Crippen molar-refractivity contribution in [3.63, 3.8) is 0 Å². The summed E-state index contributed by atoms with van der Waals surface area (Å²) in [4.78, 5) is 21.1. The van der Waals surface area contributed by atoms with Crippen molar-refractivity contribution in [1.29, 1.82) is 0 Å². The molecule has 0 bridgehead atoms. The number of rotatable bonds is 5. The molecule has 2 heterocycles. The first-order chi connectivity index (χ1) is 12.5. The first-order valence-electron chi connectivity index (χ1n) is 8.02. The Kier molecular flexibility index (Phi) is 5.51. The van der Waals surface area contributed by atoms with Crippen LogP contribution in [-0.4, -0.2) is 46.0 Å². The smallest absolute Gasteiger partial charge is 0.410 e. The Labute approximate surface area is 154 Å². The van der Waals surface area contributed by atoms with Crippen molar-refractivity contribution in [2.75, 3.05) is 18.4 Å². The van der Waals surface area contributed by atoms with E-state index in [1.54, 1.807) is 12.1 Å². The van der Waals surface area contributed by atoms with E-state index < -0.39 is 24.5 Å². The molecule has 1 amide bonds. The van der Waals surface area contributed by atoms with Gasteiger partial charge in [0.05, 0.1) is 17.4 Å². The number of amides is 1. The van der Waals surface area contributed by atoms with Crippen LogP contribution in [0.3, 0.4) is 0 Å². The van der Waals surface area contributed by atoms with Gasteiger partial charge in [0, 0.05) is 19.5 Å². The van der Waals surface area contributed by atoms with Crippen LogP contribution in [0, 0.1) is 0 Å². The van der Waals surface area contributed by atoms with Crippen LogP contribution < -0.4 is 5.32 Å². The van der Waals surface area contributed by atoms with Crippen molar-refractivity contribution < 1.29 is 18.3 Å². The largest absolute Gasteiger partial charge is 0.445 e. The second-order valence-corrected chi connectivity index (χ2v) is 6.30. The van der Waals surface area contributed by atoms with E-state index in [1.165, 1.54) is 12.4 Å². The van der Waals surface area contributed by atoms with E-state index in [1.807, 2.05) is 18.2 Å². The van der Waals surface area contributed by atoms with Crippen molar-refractivity contribution in [2.45, 2.75) is 25.0 Å². The highest BCUT2D eigenvalue weighted by Gasteiger charge is 2.51. The van der Waals surface area contributed by atoms with Crippen LogP contribution in [0.2, 0.25) is 5.02 Å². The Morgan fingerprint density at radius 2 is 2.00 bits per heavy atom. The molecule has 0 spiro atoms. The Hall–Kier alpha value is -2.48. The van der Waals surface area contributed by atoms with Gasteiger partial charge in [-0.1, -0.05) is 41.9 Å². The Bertz CT molecular complexity index is 746. The van der Waals surface area contributed by atoms with E-state index in [9.17, 15) is 13.6 Å². The van der Waals surface area contributed by atoms with Crippen LogP contribution >= 0.6 is 11.6 Å². The molecule has 26 heavy (non-hydrogen) atoms. The summed E-state index contributed by atoms with van der Waals surface area (Å²) in [5.74, 6) is -2.86. The van der Waals surface area contributed by atoms with Crippen LogP contribution in [-0.2, 0) is 11.3 Å². The highest BCUT2D eigenvalue weighted by Crippen LogP contribution is 2.34. The fraction of sp³-hybridized carbons (Fsp3) is 0.353. The second kappa shape index (κ2) is 7.82. The normalized spacial score (nSPS) is 18.6. The molecule has 6 nitrogen and oxygen atoms in total. The molecule has 1 aromatic carbocycles. The van der Waals surface area contributed by atoms with Gasteiger partial charge in [-0.15, -0.1) is 0 Å². The van der Waals surface area contributed by atoms with Crippen LogP contribution in [0.4, 0.5) is 19.5 Å². The van der Waals surface area contributed by atoms with Gasteiger partial charge in [-0.05, 0) is 5.56 Å². The third kappa shape index (κ3) is 4.37.